The van der Waals surface area contributed by atoms with Crippen LogP contribution in [0.3, 0.4) is 0 Å². The Hall–Kier alpha value is -2.80. The van der Waals surface area contributed by atoms with Crippen molar-refractivity contribution in [3.8, 4) is 5.69 Å². The largest absolute Gasteiger partial charge is 0.343 e. The van der Waals surface area contributed by atoms with Crippen LogP contribution in [0.4, 0.5) is 4.39 Å². The minimum absolute atomic E-state index is 0.118. The molecule has 0 unspecified atom stereocenters. The third kappa shape index (κ3) is 5.60. The van der Waals surface area contributed by atoms with Gasteiger partial charge in [-0.05, 0) is 38.5 Å². The minimum Gasteiger partial charge on any atom is -0.343 e. The van der Waals surface area contributed by atoms with Gasteiger partial charge in [0.1, 0.15) is 6.67 Å². The molecule has 0 atom stereocenters. The molecule has 0 saturated carbocycles. The molecule has 0 aliphatic rings. The molecule has 2 rings (SSSR count). The molecule has 0 aliphatic heterocycles. The Labute approximate surface area is 168 Å². The van der Waals surface area contributed by atoms with Crippen molar-refractivity contribution < 1.29 is 9.18 Å². The van der Waals surface area contributed by atoms with Crippen molar-refractivity contribution in [2.75, 3.05) is 6.67 Å². The molecule has 0 radical (unpaired) electrons. The van der Waals surface area contributed by atoms with Gasteiger partial charge in [0.25, 0.3) is 5.91 Å². The van der Waals surface area contributed by atoms with Crippen molar-refractivity contribution in [2.24, 2.45) is 4.99 Å². The molecule has 2 aromatic heterocycles. The fourth-order valence-corrected chi connectivity index (χ4v) is 2.43. The third-order valence-electron chi connectivity index (χ3n) is 3.66. The zero-order valence-corrected chi connectivity index (χ0v) is 16.9. The van der Waals surface area contributed by atoms with Crippen LogP contribution in [0.15, 0.2) is 53.3 Å². The first-order chi connectivity index (χ1) is 13.3. The Kier molecular flexibility index (Phi) is 7.23. The number of allylic oxidation sites excluding steroid dienone is 2. The van der Waals surface area contributed by atoms with Crippen molar-refractivity contribution in [3.63, 3.8) is 0 Å². The Morgan fingerprint density at radius 1 is 1.50 bits per heavy atom. The minimum atomic E-state index is -0.997. The van der Waals surface area contributed by atoms with Gasteiger partial charge in [0.05, 0.1) is 33.8 Å². The number of alkyl halides is 1. The second kappa shape index (κ2) is 9.41. The highest BCUT2D eigenvalue weighted by Crippen LogP contribution is 2.20. The van der Waals surface area contributed by atoms with Crippen LogP contribution in [-0.2, 0) is 0 Å². The molecule has 0 spiro atoms. The van der Waals surface area contributed by atoms with E-state index >= 15 is 0 Å². The van der Waals surface area contributed by atoms with Crippen molar-refractivity contribution >= 4 is 29.4 Å². The number of carbonyl (C=O) groups is 1. The summed E-state index contributed by atoms with van der Waals surface area (Å²) in [5.41, 5.74) is 0.610. The smallest absolute Gasteiger partial charge is 0.272 e. The lowest BCUT2D eigenvalue weighted by Crippen LogP contribution is -2.45. The molecule has 0 fully saturated rings. The average Bonchev–Trinajstić information content (AvgIpc) is 3.12. The summed E-state index contributed by atoms with van der Waals surface area (Å²) in [5.74, 6) is -0.493. The zero-order chi connectivity index (χ0) is 20.7. The van der Waals surface area contributed by atoms with Gasteiger partial charge in [0.15, 0.2) is 5.69 Å². The van der Waals surface area contributed by atoms with Gasteiger partial charge in [-0.25, -0.2) is 9.07 Å². The summed E-state index contributed by atoms with van der Waals surface area (Å²) in [5, 5.41) is 7.44. The van der Waals surface area contributed by atoms with Crippen LogP contribution in [0, 0.1) is 0 Å². The predicted octanol–water partition coefficient (Wildman–Crippen LogP) is 4.32. The Balaban J connectivity index is 2.43. The second-order valence-corrected chi connectivity index (χ2v) is 7.15. The highest BCUT2D eigenvalue weighted by molar-refractivity contribution is 6.39. The first-order valence-corrected chi connectivity index (χ1v) is 9.13. The number of hydrogen-bond acceptors (Lipinski definition) is 4. The van der Waals surface area contributed by atoms with Gasteiger partial charge in [-0.1, -0.05) is 31.2 Å². The van der Waals surface area contributed by atoms with Gasteiger partial charge < -0.3 is 5.32 Å². The molecule has 6 nitrogen and oxygen atoms in total. The lowest BCUT2D eigenvalue weighted by Gasteiger charge is -2.21. The summed E-state index contributed by atoms with van der Waals surface area (Å²) in [6.07, 6.45) is 7.31. The molecule has 28 heavy (non-hydrogen) atoms. The number of nitrogens with one attached hydrogen (secondary N) is 1. The van der Waals surface area contributed by atoms with E-state index in [-0.39, 0.29) is 5.69 Å². The van der Waals surface area contributed by atoms with Crippen molar-refractivity contribution in [1.82, 2.24) is 20.1 Å². The molecule has 2 aromatic rings. The van der Waals surface area contributed by atoms with Crippen molar-refractivity contribution in [2.45, 2.75) is 32.7 Å². The van der Waals surface area contributed by atoms with Crippen LogP contribution in [0.25, 0.3) is 11.4 Å². The molecule has 0 bridgehead atoms. The highest BCUT2D eigenvalue weighted by atomic mass is 35.5. The van der Waals surface area contributed by atoms with E-state index in [1.807, 2.05) is 13.0 Å². The molecule has 1 amide bonds. The van der Waals surface area contributed by atoms with Crippen LogP contribution in [0.2, 0.25) is 0 Å². The number of halogens is 2. The van der Waals surface area contributed by atoms with E-state index in [0.29, 0.717) is 22.1 Å². The molecule has 2 heterocycles. The van der Waals surface area contributed by atoms with Gasteiger partial charge in [0, 0.05) is 12.4 Å². The van der Waals surface area contributed by atoms with Gasteiger partial charge in [-0.3, -0.25) is 14.8 Å². The third-order valence-corrected chi connectivity index (χ3v) is 3.91. The van der Waals surface area contributed by atoms with Gasteiger partial charge >= 0.3 is 0 Å². The number of aromatic nitrogens is 3. The molecule has 0 saturated heterocycles. The SMILES string of the molecule is C=C(N=CC(Cl)=CCC)c1cc(C(=O)NC(C)(C)CF)nn1-c1cccnc1. The van der Waals surface area contributed by atoms with E-state index < -0.39 is 18.1 Å². The Bertz CT molecular complexity index is 903. The van der Waals surface area contributed by atoms with E-state index in [1.54, 1.807) is 44.4 Å². The predicted molar refractivity (Wildman–Crippen MR) is 111 cm³/mol. The van der Waals surface area contributed by atoms with Gasteiger partial charge in [0.2, 0.25) is 0 Å². The fraction of sp³-hybridized carbons (Fsp3) is 0.300. The maximum atomic E-state index is 13.1. The van der Waals surface area contributed by atoms with Crippen LogP contribution in [0.5, 0.6) is 0 Å². The summed E-state index contributed by atoms with van der Waals surface area (Å²) in [7, 11) is 0. The molecular formula is C20H23ClFN5O. The fourth-order valence-electron chi connectivity index (χ4n) is 2.23. The number of rotatable bonds is 8. The van der Waals surface area contributed by atoms with Crippen LogP contribution < -0.4 is 5.32 Å². The summed E-state index contributed by atoms with van der Waals surface area (Å²) >= 11 is 6.05. The zero-order valence-electron chi connectivity index (χ0n) is 16.1. The topological polar surface area (TPSA) is 72.2 Å². The average molecular weight is 404 g/mol. The lowest BCUT2D eigenvalue weighted by molar-refractivity contribution is 0.0894. The molecule has 0 aromatic carbocycles. The van der Waals surface area contributed by atoms with Crippen LogP contribution in [0.1, 0.15) is 43.4 Å². The van der Waals surface area contributed by atoms with E-state index in [0.717, 1.165) is 6.42 Å². The monoisotopic (exact) mass is 403 g/mol. The van der Waals surface area contributed by atoms with Crippen molar-refractivity contribution in [3.05, 3.63) is 59.7 Å². The van der Waals surface area contributed by atoms with E-state index in [9.17, 15) is 9.18 Å². The van der Waals surface area contributed by atoms with Gasteiger partial charge in [-0.2, -0.15) is 5.10 Å². The lowest BCUT2D eigenvalue weighted by atomic mass is 10.1. The summed E-state index contributed by atoms with van der Waals surface area (Å²) < 4.78 is 14.6. The Morgan fingerprint density at radius 2 is 2.25 bits per heavy atom. The molecule has 8 heteroatoms. The quantitative estimate of drug-likeness (QED) is 0.667. The van der Waals surface area contributed by atoms with Gasteiger partial charge in [-0.15, -0.1) is 0 Å². The van der Waals surface area contributed by atoms with Crippen LogP contribution in [-0.4, -0.2) is 39.1 Å². The maximum Gasteiger partial charge on any atom is 0.272 e. The second-order valence-electron chi connectivity index (χ2n) is 6.71. The standard InChI is InChI=1S/C20H23ClFN5O/c1-5-7-15(21)11-24-14(2)18-10-17(19(28)25-20(3,4)13-22)26-27(18)16-8-6-9-23-12-16/h6-12H,2,5,13H2,1,3-4H3,(H,25,28). The summed E-state index contributed by atoms with van der Waals surface area (Å²) in [6, 6.07) is 5.09. The summed E-state index contributed by atoms with van der Waals surface area (Å²) in [4.78, 5) is 20.9. The maximum absolute atomic E-state index is 13.1. The molecular weight excluding hydrogens is 381 g/mol. The van der Waals surface area contributed by atoms with E-state index in [1.165, 1.54) is 10.9 Å². The molecule has 148 valence electrons. The van der Waals surface area contributed by atoms with E-state index in [4.69, 9.17) is 11.6 Å². The first-order valence-electron chi connectivity index (χ1n) is 8.75. The highest BCUT2D eigenvalue weighted by Gasteiger charge is 2.24. The molecule has 0 aliphatic carbocycles. The Morgan fingerprint density at radius 3 is 2.86 bits per heavy atom. The molecule has 1 N–H and O–H groups in total. The number of aliphatic imine (C=N–C) groups is 1. The first kappa shape index (κ1) is 21.5. The van der Waals surface area contributed by atoms with Crippen molar-refractivity contribution in [1.29, 1.82) is 0 Å². The number of hydrogen-bond donors (Lipinski definition) is 1. The number of nitrogens with zero attached hydrogens (tertiary/aromatic N) is 4. The van der Waals surface area contributed by atoms with E-state index in [2.05, 4.69) is 27.0 Å². The number of pyridine rings is 1. The normalized spacial score (nSPS) is 12.4. The van der Waals surface area contributed by atoms with Crippen LogP contribution >= 0.6 is 11.6 Å². The summed E-state index contributed by atoms with van der Waals surface area (Å²) in [6.45, 7) is 8.40. The number of amides is 1. The number of carbonyl (C=O) groups excluding carboxylic acids is 1.